The number of benzene rings is 2. The smallest absolute Gasteiger partial charge is 0.234 e. The fourth-order valence-corrected chi connectivity index (χ4v) is 3.51. The number of aryl methyl sites for hydroxylation is 2. The number of carbonyl (C=O) groups is 1. The minimum absolute atomic E-state index is 0.0566. The summed E-state index contributed by atoms with van der Waals surface area (Å²) in [5.74, 6) is 1.08. The van der Waals surface area contributed by atoms with Crippen LogP contribution in [-0.4, -0.2) is 26.4 Å². The van der Waals surface area contributed by atoms with E-state index in [0.29, 0.717) is 6.54 Å². The number of aromatic nitrogens is 3. The molecule has 3 aromatic rings. The van der Waals surface area contributed by atoms with Gasteiger partial charge in [0.05, 0.1) is 12.3 Å². The molecular formula is C21H25N5OS. The van der Waals surface area contributed by atoms with Crippen LogP contribution in [-0.2, 0) is 17.9 Å². The van der Waals surface area contributed by atoms with Crippen molar-refractivity contribution in [3.05, 3.63) is 65.5 Å². The second kappa shape index (κ2) is 9.41. The maximum absolute atomic E-state index is 12.2. The van der Waals surface area contributed by atoms with Gasteiger partial charge in [-0.3, -0.25) is 4.79 Å². The third-order valence-electron chi connectivity index (χ3n) is 4.28. The molecule has 2 aromatic carbocycles. The van der Waals surface area contributed by atoms with Crippen molar-refractivity contribution in [3.8, 4) is 0 Å². The number of hydrogen-bond acceptors (Lipinski definition) is 5. The molecule has 146 valence electrons. The van der Waals surface area contributed by atoms with Gasteiger partial charge in [-0.2, -0.15) is 0 Å². The summed E-state index contributed by atoms with van der Waals surface area (Å²) in [5.41, 5.74) is 4.24. The number of nitrogens with zero attached hydrogens (tertiary/aromatic N) is 3. The summed E-state index contributed by atoms with van der Waals surface area (Å²) in [5, 5.41) is 15.6. The van der Waals surface area contributed by atoms with Crippen LogP contribution in [0.4, 0.5) is 11.4 Å². The zero-order valence-corrected chi connectivity index (χ0v) is 17.2. The Hall–Kier alpha value is -2.80. The normalized spacial score (nSPS) is 10.7. The van der Waals surface area contributed by atoms with Crippen molar-refractivity contribution < 1.29 is 4.79 Å². The summed E-state index contributed by atoms with van der Waals surface area (Å²) in [6.07, 6.45) is 0. The van der Waals surface area contributed by atoms with Crippen LogP contribution < -0.4 is 10.6 Å². The Balaban J connectivity index is 1.56. The Morgan fingerprint density at radius 1 is 0.964 bits per heavy atom. The van der Waals surface area contributed by atoms with Gasteiger partial charge in [0.2, 0.25) is 5.91 Å². The van der Waals surface area contributed by atoms with E-state index in [2.05, 4.69) is 46.8 Å². The van der Waals surface area contributed by atoms with E-state index in [1.165, 1.54) is 17.3 Å². The quantitative estimate of drug-likeness (QED) is 0.558. The van der Waals surface area contributed by atoms with Crippen LogP contribution in [0.25, 0.3) is 0 Å². The highest BCUT2D eigenvalue weighted by atomic mass is 32.2. The predicted molar refractivity (Wildman–Crippen MR) is 115 cm³/mol. The Kier molecular flexibility index (Phi) is 6.71. The van der Waals surface area contributed by atoms with Gasteiger partial charge in [0, 0.05) is 17.9 Å². The zero-order valence-electron chi connectivity index (χ0n) is 16.4. The zero-order chi connectivity index (χ0) is 19.9. The van der Waals surface area contributed by atoms with Gasteiger partial charge in [-0.15, -0.1) is 10.2 Å². The van der Waals surface area contributed by atoms with Gasteiger partial charge in [-0.1, -0.05) is 47.2 Å². The molecule has 0 spiro atoms. The van der Waals surface area contributed by atoms with Gasteiger partial charge in [0.15, 0.2) is 11.0 Å². The highest BCUT2D eigenvalue weighted by molar-refractivity contribution is 7.99. The standard InChI is InChI=1S/C21H25N5OS/c1-4-26-19(13-22-17-9-5-15(2)6-10-17)24-25-21(26)28-14-20(27)23-18-11-7-16(3)8-12-18/h5-12,22H,4,13-14H2,1-3H3,(H,23,27). The number of thioether (sulfide) groups is 1. The first kappa shape index (κ1) is 19.9. The van der Waals surface area contributed by atoms with Gasteiger partial charge in [0.25, 0.3) is 0 Å². The molecule has 1 amide bonds. The van der Waals surface area contributed by atoms with E-state index < -0.39 is 0 Å². The molecule has 0 unspecified atom stereocenters. The molecule has 0 atom stereocenters. The predicted octanol–water partition coefficient (Wildman–Crippen LogP) is 4.26. The SMILES string of the molecule is CCn1c(CNc2ccc(C)cc2)nnc1SCC(=O)Nc1ccc(C)cc1. The van der Waals surface area contributed by atoms with Gasteiger partial charge in [-0.25, -0.2) is 0 Å². The average molecular weight is 396 g/mol. The van der Waals surface area contributed by atoms with Crippen molar-refractivity contribution in [2.45, 2.75) is 39.0 Å². The highest BCUT2D eigenvalue weighted by Crippen LogP contribution is 2.19. The first-order valence-electron chi connectivity index (χ1n) is 9.27. The summed E-state index contributed by atoms with van der Waals surface area (Å²) < 4.78 is 2.03. The lowest BCUT2D eigenvalue weighted by atomic mass is 10.2. The molecule has 0 aliphatic carbocycles. The van der Waals surface area contributed by atoms with Crippen molar-refractivity contribution >= 4 is 29.0 Å². The minimum Gasteiger partial charge on any atom is -0.378 e. The van der Waals surface area contributed by atoms with E-state index in [-0.39, 0.29) is 11.7 Å². The molecule has 6 nitrogen and oxygen atoms in total. The first-order chi connectivity index (χ1) is 13.5. The Bertz CT molecular complexity index is 919. The highest BCUT2D eigenvalue weighted by Gasteiger charge is 2.13. The van der Waals surface area contributed by atoms with Gasteiger partial charge in [0.1, 0.15) is 0 Å². The Labute approximate surface area is 169 Å². The van der Waals surface area contributed by atoms with E-state index in [1.807, 2.05) is 47.9 Å². The number of hydrogen-bond donors (Lipinski definition) is 2. The van der Waals surface area contributed by atoms with Crippen molar-refractivity contribution in [2.75, 3.05) is 16.4 Å². The molecule has 0 fully saturated rings. The summed E-state index contributed by atoms with van der Waals surface area (Å²) in [7, 11) is 0. The van der Waals surface area contributed by atoms with Crippen LogP contribution in [0.3, 0.4) is 0 Å². The fraction of sp³-hybridized carbons (Fsp3) is 0.286. The molecule has 3 rings (SSSR count). The lowest BCUT2D eigenvalue weighted by Crippen LogP contribution is -2.15. The maximum Gasteiger partial charge on any atom is 0.234 e. The average Bonchev–Trinajstić information content (AvgIpc) is 3.09. The van der Waals surface area contributed by atoms with Crippen molar-refractivity contribution in [2.24, 2.45) is 0 Å². The van der Waals surface area contributed by atoms with Crippen LogP contribution in [0.2, 0.25) is 0 Å². The lowest BCUT2D eigenvalue weighted by Gasteiger charge is -2.09. The number of anilines is 2. The first-order valence-corrected chi connectivity index (χ1v) is 10.3. The van der Waals surface area contributed by atoms with Crippen molar-refractivity contribution in [1.29, 1.82) is 0 Å². The van der Waals surface area contributed by atoms with Crippen LogP contribution >= 0.6 is 11.8 Å². The van der Waals surface area contributed by atoms with Gasteiger partial charge >= 0.3 is 0 Å². The summed E-state index contributed by atoms with van der Waals surface area (Å²) >= 11 is 1.40. The van der Waals surface area contributed by atoms with Crippen molar-refractivity contribution in [3.63, 3.8) is 0 Å². The molecule has 0 saturated heterocycles. The molecule has 0 radical (unpaired) electrons. The maximum atomic E-state index is 12.2. The topological polar surface area (TPSA) is 71.8 Å². The fourth-order valence-electron chi connectivity index (χ4n) is 2.69. The summed E-state index contributed by atoms with van der Waals surface area (Å²) in [6, 6.07) is 16.0. The Morgan fingerprint density at radius 3 is 2.18 bits per heavy atom. The van der Waals surface area contributed by atoms with Gasteiger partial charge in [-0.05, 0) is 45.0 Å². The molecule has 0 bridgehead atoms. The molecule has 1 aromatic heterocycles. The molecule has 0 aliphatic heterocycles. The molecule has 0 saturated carbocycles. The van der Waals surface area contributed by atoms with Gasteiger partial charge < -0.3 is 15.2 Å². The Morgan fingerprint density at radius 2 is 1.57 bits per heavy atom. The third kappa shape index (κ3) is 5.36. The second-order valence-corrected chi connectivity index (χ2v) is 7.51. The van der Waals surface area contributed by atoms with E-state index in [9.17, 15) is 4.79 Å². The minimum atomic E-state index is -0.0566. The summed E-state index contributed by atoms with van der Waals surface area (Å²) in [6.45, 7) is 7.47. The lowest BCUT2D eigenvalue weighted by molar-refractivity contribution is -0.113. The molecule has 7 heteroatoms. The van der Waals surface area contributed by atoms with Crippen LogP contribution in [0.1, 0.15) is 23.9 Å². The molecule has 0 aliphatic rings. The number of amides is 1. The number of rotatable bonds is 8. The summed E-state index contributed by atoms with van der Waals surface area (Å²) in [4.78, 5) is 12.2. The van der Waals surface area contributed by atoms with Crippen LogP contribution in [0, 0.1) is 13.8 Å². The van der Waals surface area contributed by atoms with E-state index in [1.54, 1.807) is 0 Å². The number of carbonyl (C=O) groups excluding carboxylic acids is 1. The van der Waals surface area contributed by atoms with E-state index in [0.717, 1.165) is 34.5 Å². The number of nitrogens with one attached hydrogen (secondary N) is 2. The molecule has 1 heterocycles. The monoisotopic (exact) mass is 395 g/mol. The second-order valence-electron chi connectivity index (χ2n) is 6.57. The van der Waals surface area contributed by atoms with E-state index >= 15 is 0 Å². The largest absolute Gasteiger partial charge is 0.378 e. The third-order valence-corrected chi connectivity index (χ3v) is 5.25. The molecular weight excluding hydrogens is 370 g/mol. The molecule has 2 N–H and O–H groups in total. The van der Waals surface area contributed by atoms with Crippen LogP contribution in [0.5, 0.6) is 0 Å². The van der Waals surface area contributed by atoms with E-state index in [4.69, 9.17) is 0 Å². The van der Waals surface area contributed by atoms with Crippen LogP contribution in [0.15, 0.2) is 53.7 Å². The molecule has 28 heavy (non-hydrogen) atoms. The van der Waals surface area contributed by atoms with Crippen molar-refractivity contribution in [1.82, 2.24) is 14.8 Å².